The number of rotatable bonds is 5. The summed E-state index contributed by atoms with van der Waals surface area (Å²) in [5.41, 5.74) is 6.49. The molecule has 1 aromatic carbocycles. The highest BCUT2D eigenvalue weighted by Crippen LogP contribution is 2.07. The molecule has 0 radical (unpaired) electrons. The third-order valence-corrected chi connectivity index (χ3v) is 2.53. The van der Waals surface area contributed by atoms with Crippen LogP contribution in [-0.2, 0) is 0 Å². The first-order valence-electron chi connectivity index (χ1n) is 5.54. The Morgan fingerprint density at radius 2 is 1.89 bits per heavy atom. The van der Waals surface area contributed by atoms with Gasteiger partial charge in [-0.1, -0.05) is 17.3 Å². The van der Waals surface area contributed by atoms with Gasteiger partial charge in [-0.25, -0.2) is 0 Å². The Morgan fingerprint density at radius 1 is 1.33 bits per heavy atom. The van der Waals surface area contributed by atoms with E-state index in [2.05, 4.69) is 5.16 Å². The molecule has 0 fully saturated rings. The Kier molecular flexibility index (Phi) is 5.13. The van der Waals surface area contributed by atoms with Crippen LogP contribution in [0.4, 0.5) is 0 Å². The number of carbonyl (C=O) groups is 1. The molecule has 0 heterocycles. The number of nitrogens with two attached hydrogens (primary N) is 1. The standard InChI is InChI=1S/C12H17N3O3/c1-15(7-2-8-16)12(17)10-5-3-9(4-6-10)11(13)14-18/h3-6,16,18H,2,7-8H2,1H3,(H2,13,14). The summed E-state index contributed by atoms with van der Waals surface area (Å²) in [6, 6.07) is 6.46. The molecule has 0 atom stereocenters. The molecule has 0 bridgehead atoms. The number of aliphatic hydroxyl groups excluding tert-OH is 1. The van der Waals surface area contributed by atoms with Crippen LogP contribution in [0.1, 0.15) is 22.3 Å². The first-order chi connectivity index (χ1) is 8.60. The van der Waals surface area contributed by atoms with E-state index in [-0.39, 0.29) is 18.3 Å². The minimum absolute atomic E-state index is 0.00244. The van der Waals surface area contributed by atoms with Crippen molar-refractivity contribution in [3.05, 3.63) is 35.4 Å². The van der Waals surface area contributed by atoms with Crippen molar-refractivity contribution in [1.82, 2.24) is 4.90 Å². The zero-order valence-corrected chi connectivity index (χ0v) is 10.2. The summed E-state index contributed by atoms with van der Waals surface area (Å²) in [4.78, 5) is 13.5. The van der Waals surface area contributed by atoms with Gasteiger partial charge in [-0.05, 0) is 18.6 Å². The largest absolute Gasteiger partial charge is 0.409 e. The van der Waals surface area contributed by atoms with Crippen LogP contribution in [0.15, 0.2) is 29.4 Å². The fourth-order valence-corrected chi connectivity index (χ4v) is 1.47. The lowest BCUT2D eigenvalue weighted by Gasteiger charge is -2.16. The molecule has 0 saturated carbocycles. The van der Waals surface area contributed by atoms with Crippen molar-refractivity contribution in [2.75, 3.05) is 20.2 Å². The third-order valence-electron chi connectivity index (χ3n) is 2.53. The lowest BCUT2D eigenvalue weighted by molar-refractivity contribution is 0.0786. The number of amidine groups is 1. The van der Waals surface area contributed by atoms with Crippen LogP contribution in [0.3, 0.4) is 0 Å². The van der Waals surface area contributed by atoms with Gasteiger partial charge in [-0.3, -0.25) is 4.79 Å². The summed E-state index contributed by atoms with van der Waals surface area (Å²) < 4.78 is 0. The van der Waals surface area contributed by atoms with Gasteiger partial charge in [0.05, 0.1) is 0 Å². The van der Waals surface area contributed by atoms with Crippen LogP contribution in [0, 0.1) is 0 Å². The van der Waals surface area contributed by atoms with E-state index in [1.54, 1.807) is 31.3 Å². The smallest absolute Gasteiger partial charge is 0.253 e. The van der Waals surface area contributed by atoms with Crippen LogP contribution < -0.4 is 5.73 Å². The molecule has 0 unspecified atom stereocenters. The van der Waals surface area contributed by atoms with Gasteiger partial charge in [0.15, 0.2) is 5.84 Å². The Labute approximate surface area is 105 Å². The maximum absolute atomic E-state index is 11.9. The van der Waals surface area contributed by atoms with Crippen molar-refractivity contribution < 1.29 is 15.1 Å². The van der Waals surface area contributed by atoms with Gasteiger partial charge in [0, 0.05) is 31.3 Å². The van der Waals surface area contributed by atoms with Crippen molar-refractivity contribution >= 4 is 11.7 Å². The molecular weight excluding hydrogens is 234 g/mol. The zero-order chi connectivity index (χ0) is 13.5. The molecular formula is C12H17N3O3. The molecule has 1 aromatic rings. The fraction of sp³-hybridized carbons (Fsp3) is 0.333. The van der Waals surface area contributed by atoms with E-state index in [0.29, 0.717) is 24.1 Å². The predicted molar refractivity (Wildman–Crippen MR) is 67.6 cm³/mol. The van der Waals surface area contributed by atoms with Gasteiger partial charge >= 0.3 is 0 Å². The lowest BCUT2D eigenvalue weighted by atomic mass is 10.1. The lowest BCUT2D eigenvalue weighted by Crippen LogP contribution is -2.28. The van der Waals surface area contributed by atoms with E-state index in [1.807, 2.05) is 0 Å². The van der Waals surface area contributed by atoms with Crippen molar-refractivity contribution in [3.8, 4) is 0 Å². The highest BCUT2D eigenvalue weighted by Gasteiger charge is 2.11. The maximum Gasteiger partial charge on any atom is 0.253 e. The number of benzene rings is 1. The molecule has 6 heteroatoms. The quantitative estimate of drug-likeness (QED) is 0.302. The van der Waals surface area contributed by atoms with Crippen LogP contribution >= 0.6 is 0 Å². The average molecular weight is 251 g/mol. The number of amides is 1. The molecule has 1 amide bonds. The number of oxime groups is 1. The Balaban J connectivity index is 2.76. The monoisotopic (exact) mass is 251 g/mol. The summed E-state index contributed by atoms with van der Waals surface area (Å²) in [5.74, 6) is -0.128. The van der Waals surface area contributed by atoms with E-state index < -0.39 is 0 Å². The summed E-state index contributed by atoms with van der Waals surface area (Å²) in [5, 5.41) is 20.1. The molecule has 0 aliphatic rings. The summed E-state index contributed by atoms with van der Waals surface area (Å²) >= 11 is 0. The molecule has 1 rings (SSSR count). The number of hydrogen-bond acceptors (Lipinski definition) is 4. The molecule has 0 aromatic heterocycles. The minimum Gasteiger partial charge on any atom is -0.409 e. The summed E-state index contributed by atoms with van der Waals surface area (Å²) in [6.45, 7) is 0.553. The molecule has 18 heavy (non-hydrogen) atoms. The van der Waals surface area contributed by atoms with Crippen LogP contribution in [0.25, 0.3) is 0 Å². The van der Waals surface area contributed by atoms with Gasteiger partial charge in [0.1, 0.15) is 0 Å². The zero-order valence-electron chi connectivity index (χ0n) is 10.2. The van der Waals surface area contributed by atoms with E-state index >= 15 is 0 Å². The summed E-state index contributed by atoms with van der Waals surface area (Å²) in [6.07, 6.45) is 0.546. The highest BCUT2D eigenvalue weighted by atomic mass is 16.4. The SMILES string of the molecule is CN(CCCO)C(=O)c1ccc(/C(N)=N/O)cc1. The normalized spacial score (nSPS) is 11.3. The second-order valence-corrected chi connectivity index (χ2v) is 3.87. The second-order valence-electron chi connectivity index (χ2n) is 3.87. The van der Waals surface area contributed by atoms with Gasteiger partial charge in [-0.2, -0.15) is 0 Å². The Hall–Kier alpha value is -2.08. The van der Waals surface area contributed by atoms with Gasteiger partial charge < -0.3 is 20.9 Å². The topological polar surface area (TPSA) is 99.2 Å². The number of carbonyl (C=O) groups excluding carboxylic acids is 1. The summed E-state index contributed by atoms with van der Waals surface area (Å²) in [7, 11) is 1.68. The molecule has 4 N–H and O–H groups in total. The fourth-order valence-electron chi connectivity index (χ4n) is 1.47. The van der Waals surface area contributed by atoms with Gasteiger partial charge in [0.2, 0.25) is 0 Å². The van der Waals surface area contributed by atoms with Crippen LogP contribution in [0.5, 0.6) is 0 Å². The van der Waals surface area contributed by atoms with E-state index in [4.69, 9.17) is 16.0 Å². The van der Waals surface area contributed by atoms with Gasteiger partial charge in [-0.15, -0.1) is 0 Å². The molecule has 98 valence electrons. The molecule has 0 spiro atoms. The molecule has 0 saturated heterocycles. The second kappa shape index (κ2) is 6.61. The predicted octanol–water partition coefficient (Wildman–Crippen LogP) is 0.235. The van der Waals surface area contributed by atoms with Crippen molar-refractivity contribution in [3.63, 3.8) is 0 Å². The molecule has 6 nitrogen and oxygen atoms in total. The van der Waals surface area contributed by atoms with Crippen LogP contribution in [-0.4, -0.2) is 47.2 Å². The number of aliphatic hydroxyl groups is 1. The van der Waals surface area contributed by atoms with E-state index in [1.165, 1.54) is 4.90 Å². The first-order valence-corrected chi connectivity index (χ1v) is 5.54. The highest BCUT2D eigenvalue weighted by molar-refractivity contribution is 5.99. The van der Waals surface area contributed by atoms with E-state index in [9.17, 15) is 4.79 Å². The number of nitrogens with zero attached hydrogens (tertiary/aromatic N) is 2. The maximum atomic E-state index is 11.9. The van der Waals surface area contributed by atoms with Crippen LogP contribution in [0.2, 0.25) is 0 Å². The Morgan fingerprint density at radius 3 is 2.39 bits per heavy atom. The van der Waals surface area contributed by atoms with Crippen molar-refractivity contribution in [1.29, 1.82) is 0 Å². The van der Waals surface area contributed by atoms with Gasteiger partial charge in [0.25, 0.3) is 5.91 Å². The van der Waals surface area contributed by atoms with Crippen molar-refractivity contribution in [2.45, 2.75) is 6.42 Å². The Bertz CT molecular complexity index is 429. The minimum atomic E-state index is -0.130. The van der Waals surface area contributed by atoms with Crippen molar-refractivity contribution in [2.24, 2.45) is 10.9 Å². The molecule has 0 aliphatic carbocycles. The first kappa shape index (κ1) is 14.0. The van der Waals surface area contributed by atoms with E-state index in [0.717, 1.165) is 0 Å². The number of hydrogen-bond donors (Lipinski definition) is 3. The molecule has 0 aliphatic heterocycles. The average Bonchev–Trinajstić information content (AvgIpc) is 2.43. The third kappa shape index (κ3) is 3.46.